The quantitative estimate of drug-likeness (QED) is 0.892. The van der Waals surface area contributed by atoms with Gasteiger partial charge in [0.2, 0.25) is 0 Å². The molecule has 0 saturated carbocycles. The lowest BCUT2D eigenvalue weighted by molar-refractivity contribution is 0.618. The molecule has 1 aromatic rings. The van der Waals surface area contributed by atoms with E-state index in [9.17, 15) is 0 Å². The summed E-state index contributed by atoms with van der Waals surface area (Å²) in [6.07, 6.45) is 0. The van der Waals surface area contributed by atoms with Gasteiger partial charge in [-0.3, -0.25) is 0 Å². The number of rotatable bonds is 5. The molecule has 2 nitrogen and oxygen atoms in total. The Morgan fingerprint density at radius 1 is 1.29 bits per heavy atom. The first kappa shape index (κ1) is 14.5. The van der Waals surface area contributed by atoms with Crippen molar-refractivity contribution in [3.05, 3.63) is 28.2 Å². The number of hydrogen-bond donors (Lipinski definition) is 1. The molecule has 0 amide bonds. The summed E-state index contributed by atoms with van der Waals surface area (Å²) in [5.74, 6) is 0.662. The Balaban J connectivity index is 2.96. The van der Waals surface area contributed by atoms with E-state index in [2.05, 4.69) is 59.8 Å². The highest BCUT2D eigenvalue weighted by atomic mass is 79.9. The molecular weight excluding hydrogens is 276 g/mol. The first-order valence-corrected chi connectivity index (χ1v) is 7.05. The van der Waals surface area contributed by atoms with Crippen LogP contribution in [0.15, 0.2) is 22.7 Å². The van der Waals surface area contributed by atoms with Gasteiger partial charge in [-0.2, -0.15) is 0 Å². The normalized spacial score (nSPS) is 12.9. The second-order valence-electron chi connectivity index (χ2n) is 4.93. The minimum Gasteiger partial charge on any atom is -0.371 e. The fourth-order valence-corrected chi connectivity index (χ4v) is 2.55. The van der Waals surface area contributed by atoms with Crippen LogP contribution in [-0.2, 0) is 0 Å². The Bertz CT molecular complexity index is 361. The Morgan fingerprint density at radius 3 is 2.35 bits per heavy atom. The summed E-state index contributed by atoms with van der Waals surface area (Å²) in [5.41, 5.74) is 8.31. The third kappa shape index (κ3) is 4.00. The van der Waals surface area contributed by atoms with Crippen LogP contribution in [0.4, 0.5) is 5.69 Å². The highest BCUT2D eigenvalue weighted by Crippen LogP contribution is 2.29. The number of benzene rings is 1. The molecule has 0 fully saturated rings. The van der Waals surface area contributed by atoms with Gasteiger partial charge in [0.1, 0.15) is 0 Å². The van der Waals surface area contributed by atoms with E-state index in [1.54, 1.807) is 0 Å². The average molecular weight is 299 g/mol. The van der Waals surface area contributed by atoms with Gasteiger partial charge in [-0.25, -0.2) is 0 Å². The zero-order valence-corrected chi connectivity index (χ0v) is 12.8. The van der Waals surface area contributed by atoms with Crippen molar-refractivity contribution in [2.45, 2.75) is 33.7 Å². The van der Waals surface area contributed by atoms with Crippen LogP contribution in [0.3, 0.4) is 0 Å². The van der Waals surface area contributed by atoms with Crippen molar-refractivity contribution in [2.24, 2.45) is 11.7 Å². The van der Waals surface area contributed by atoms with Crippen LogP contribution in [0.2, 0.25) is 0 Å². The number of nitrogens with zero attached hydrogens (tertiary/aromatic N) is 1. The maximum Gasteiger partial charge on any atom is 0.0510 e. The van der Waals surface area contributed by atoms with Crippen molar-refractivity contribution in [1.82, 2.24) is 0 Å². The van der Waals surface area contributed by atoms with Gasteiger partial charge in [-0.15, -0.1) is 0 Å². The second kappa shape index (κ2) is 6.41. The minimum absolute atomic E-state index is 0.0838. The summed E-state index contributed by atoms with van der Waals surface area (Å²) in [6, 6.07) is 6.49. The molecule has 17 heavy (non-hydrogen) atoms. The topological polar surface area (TPSA) is 29.3 Å². The highest BCUT2D eigenvalue weighted by Gasteiger charge is 2.11. The molecule has 0 bridgehead atoms. The molecule has 0 aliphatic carbocycles. The van der Waals surface area contributed by atoms with E-state index in [0.717, 1.165) is 17.6 Å². The van der Waals surface area contributed by atoms with Crippen molar-refractivity contribution in [1.29, 1.82) is 0 Å². The number of nitrogens with two attached hydrogens (primary N) is 1. The van der Waals surface area contributed by atoms with Crippen LogP contribution in [0.1, 0.15) is 39.3 Å². The molecule has 1 rings (SSSR count). The van der Waals surface area contributed by atoms with Crippen molar-refractivity contribution < 1.29 is 0 Å². The summed E-state index contributed by atoms with van der Waals surface area (Å²) in [6.45, 7) is 10.8. The largest absolute Gasteiger partial charge is 0.371 e. The van der Waals surface area contributed by atoms with E-state index >= 15 is 0 Å². The molecule has 0 aliphatic rings. The molecule has 2 N–H and O–H groups in total. The summed E-state index contributed by atoms with van der Waals surface area (Å²) >= 11 is 3.65. The van der Waals surface area contributed by atoms with Gasteiger partial charge in [-0.05, 0) is 53.4 Å². The SMILES string of the molecule is CCN(CC(C)C)c1ccc([C@H](C)N)cc1Br. The van der Waals surface area contributed by atoms with E-state index < -0.39 is 0 Å². The molecule has 0 aliphatic heterocycles. The number of halogens is 1. The molecule has 1 atom stereocenters. The lowest BCUT2D eigenvalue weighted by Crippen LogP contribution is -2.27. The van der Waals surface area contributed by atoms with Gasteiger partial charge in [0.05, 0.1) is 5.69 Å². The lowest BCUT2D eigenvalue weighted by atomic mass is 10.1. The first-order valence-electron chi connectivity index (χ1n) is 6.25. The van der Waals surface area contributed by atoms with Gasteiger partial charge in [0, 0.05) is 23.6 Å². The maximum absolute atomic E-state index is 5.89. The van der Waals surface area contributed by atoms with Crippen LogP contribution in [0, 0.1) is 5.92 Å². The molecule has 0 aromatic heterocycles. The number of hydrogen-bond acceptors (Lipinski definition) is 2. The summed E-state index contributed by atoms with van der Waals surface area (Å²) in [4.78, 5) is 2.39. The molecular formula is C14H23BrN2. The molecule has 0 heterocycles. The summed E-state index contributed by atoms with van der Waals surface area (Å²) in [7, 11) is 0. The Labute approximate surface area is 113 Å². The van der Waals surface area contributed by atoms with E-state index in [0.29, 0.717) is 5.92 Å². The van der Waals surface area contributed by atoms with Crippen LogP contribution in [-0.4, -0.2) is 13.1 Å². The Kier molecular flexibility index (Phi) is 5.47. The zero-order chi connectivity index (χ0) is 13.0. The maximum atomic E-state index is 5.89. The molecule has 0 spiro atoms. The fourth-order valence-electron chi connectivity index (χ4n) is 1.90. The average Bonchev–Trinajstić information content (AvgIpc) is 2.25. The number of anilines is 1. The minimum atomic E-state index is 0.0838. The van der Waals surface area contributed by atoms with Gasteiger partial charge in [-0.1, -0.05) is 19.9 Å². The predicted molar refractivity (Wildman–Crippen MR) is 79.5 cm³/mol. The van der Waals surface area contributed by atoms with Crippen LogP contribution < -0.4 is 10.6 Å². The summed E-state index contributed by atoms with van der Waals surface area (Å²) in [5, 5.41) is 0. The molecule has 96 valence electrons. The van der Waals surface area contributed by atoms with Gasteiger partial charge in [0.15, 0.2) is 0 Å². The predicted octanol–water partition coefficient (Wildman–Crippen LogP) is 3.95. The third-order valence-corrected chi connectivity index (χ3v) is 3.44. The van der Waals surface area contributed by atoms with Crippen LogP contribution in [0.5, 0.6) is 0 Å². The fraction of sp³-hybridized carbons (Fsp3) is 0.571. The third-order valence-electron chi connectivity index (χ3n) is 2.81. The van der Waals surface area contributed by atoms with Gasteiger partial charge >= 0.3 is 0 Å². The van der Waals surface area contributed by atoms with Crippen molar-refractivity contribution in [3.63, 3.8) is 0 Å². The van der Waals surface area contributed by atoms with Crippen molar-refractivity contribution in [3.8, 4) is 0 Å². The van der Waals surface area contributed by atoms with Crippen molar-refractivity contribution >= 4 is 21.6 Å². The molecule has 3 heteroatoms. The lowest BCUT2D eigenvalue weighted by Gasteiger charge is -2.26. The van der Waals surface area contributed by atoms with E-state index in [4.69, 9.17) is 5.73 Å². The van der Waals surface area contributed by atoms with E-state index in [1.807, 2.05) is 6.92 Å². The Hall–Kier alpha value is -0.540. The Morgan fingerprint density at radius 2 is 1.94 bits per heavy atom. The van der Waals surface area contributed by atoms with E-state index in [-0.39, 0.29) is 6.04 Å². The van der Waals surface area contributed by atoms with Crippen LogP contribution in [0.25, 0.3) is 0 Å². The molecule has 0 radical (unpaired) electrons. The monoisotopic (exact) mass is 298 g/mol. The van der Waals surface area contributed by atoms with E-state index in [1.165, 1.54) is 11.3 Å². The standard InChI is InChI=1S/C14H23BrN2/c1-5-17(9-10(2)3)14-7-6-12(11(4)16)8-13(14)15/h6-8,10-11H,5,9,16H2,1-4H3/t11-/m0/s1. The van der Waals surface area contributed by atoms with Crippen molar-refractivity contribution in [2.75, 3.05) is 18.0 Å². The molecule has 0 saturated heterocycles. The molecule has 1 aromatic carbocycles. The van der Waals surface area contributed by atoms with Gasteiger partial charge < -0.3 is 10.6 Å². The second-order valence-corrected chi connectivity index (χ2v) is 5.79. The molecule has 0 unspecified atom stereocenters. The first-order chi connectivity index (χ1) is 7.95. The van der Waals surface area contributed by atoms with Crippen LogP contribution >= 0.6 is 15.9 Å². The highest BCUT2D eigenvalue weighted by molar-refractivity contribution is 9.10. The summed E-state index contributed by atoms with van der Waals surface area (Å²) < 4.78 is 1.13. The zero-order valence-electron chi connectivity index (χ0n) is 11.2. The smallest absolute Gasteiger partial charge is 0.0510 e. The van der Waals surface area contributed by atoms with Gasteiger partial charge in [0.25, 0.3) is 0 Å².